The van der Waals surface area contributed by atoms with Crippen molar-refractivity contribution in [2.24, 2.45) is 0 Å². The van der Waals surface area contributed by atoms with Gasteiger partial charge in [0.05, 0.1) is 0 Å². The van der Waals surface area contributed by atoms with Crippen LogP contribution < -0.4 is 10.6 Å². The van der Waals surface area contributed by atoms with Gasteiger partial charge in [0.15, 0.2) is 0 Å². The van der Waals surface area contributed by atoms with E-state index >= 15 is 0 Å². The van der Waals surface area contributed by atoms with Gasteiger partial charge < -0.3 is 10.6 Å². The predicted molar refractivity (Wildman–Crippen MR) is 67.6 cm³/mol. The van der Waals surface area contributed by atoms with Gasteiger partial charge >= 0.3 is 0 Å². The van der Waals surface area contributed by atoms with Gasteiger partial charge in [0.1, 0.15) is 5.82 Å². The molecule has 92 valence electrons. The maximum atomic E-state index is 13.3. The zero-order chi connectivity index (χ0) is 11.8. The molecule has 2 aliphatic rings. The predicted octanol–water partition coefficient (Wildman–Crippen LogP) is 1.69. The Labute approximate surface area is 101 Å². The van der Waals surface area contributed by atoms with Crippen molar-refractivity contribution < 1.29 is 4.39 Å². The summed E-state index contributed by atoms with van der Waals surface area (Å²) in [5.41, 5.74) is 7.13. The number of piperazine rings is 1. The third-order valence-corrected chi connectivity index (χ3v) is 3.86. The molecule has 3 nitrogen and oxygen atoms in total. The van der Waals surface area contributed by atoms with Crippen LogP contribution in [0.1, 0.15) is 12.8 Å². The van der Waals surface area contributed by atoms with Crippen LogP contribution in [0.5, 0.6) is 0 Å². The molecule has 2 aliphatic heterocycles. The first-order chi connectivity index (χ1) is 8.22. The van der Waals surface area contributed by atoms with E-state index in [0.717, 1.165) is 25.3 Å². The van der Waals surface area contributed by atoms with E-state index in [1.54, 1.807) is 6.07 Å². The molecular formula is C13H18FN3. The summed E-state index contributed by atoms with van der Waals surface area (Å²) in [7, 11) is 0. The molecule has 2 fully saturated rings. The molecular weight excluding hydrogens is 217 g/mol. The summed E-state index contributed by atoms with van der Waals surface area (Å²) in [6.07, 6.45) is 2.56. The first-order valence-corrected chi connectivity index (χ1v) is 6.27. The van der Waals surface area contributed by atoms with E-state index in [9.17, 15) is 4.39 Å². The minimum absolute atomic E-state index is 0.242. The van der Waals surface area contributed by atoms with Crippen molar-refractivity contribution in [1.82, 2.24) is 4.90 Å². The lowest BCUT2D eigenvalue weighted by Crippen LogP contribution is -2.50. The summed E-state index contributed by atoms with van der Waals surface area (Å²) in [6, 6.07) is 5.47. The quantitative estimate of drug-likeness (QED) is 0.752. The minimum atomic E-state index is -0.242. The van der Waals surface area contributed by atoms with Crippen LogP contribution in [0.4, 0.5) is 15.8 Å². The zero-order valence-corrected chi connectivity index (χ0v) is 9.90. The van der Waals surface area contributed by atoms with Crippen LogP contribution in [-0.4, -0.2) is 37.1 Å². The summed E-state index contributed by atoms with van der Waals surface area (Å²) in [5, 5.41) is 0. The first-order valence-electron chi connectivity index (χ1n) is 6.27. The molecule has 0 aliphatic carbocycles. The number of rotatable bonds is 1. The Hall–Kier alpha value is -1.29. The lowest BCUT2D eigenvalue weighted by atomic mass is 10.1. The molecule has 1 atom stereocenters. The third kappa shape index (κ3) is 2.09. The van der Waals surface area contributed by atoms with Gasteiger partial charge in [-0.15, -0.1) is 0 Å². The van der Waals surface area contributed by atoms with Crippen LogP contribution in [0.15, 0.2) is 18.2 Å². The summed E-state index contributed by atoms with van der Waals surface area (Å²) < 4.78 is 13.3. The molecule has 4 heteroatoms. The second kappa shape index (κ2) is 4.18. The Morgan fingerprint density at radius 3 is 2.88 bits per heavy atom. The van der Waals surface area contributed by atoms with Crippen molar-refractivity contribution in [2.75, 3.05) is 36.8 Å². The maximum Gasteiger partial charge on any atom is 0.127 e. The Morgan fingerprint density at radius 1 is 1.18 bits per heavy atom. The van der Waals surface area contributed by atoms with E-state index in [1.807, 2.05) is 6.07 Å². The second-order valence-corrected chi connectivity index (χ2v) is 5.02. The molecule has 0 spiro atoms. The average Bonchev–Trinajstić information content (AvgIpc) is 2.74. The molecule has 2 heterocycles. The molecule has 0 bridgehead atoms. The Bertz CT molecular complexity index is 401. The topological polar surface area (TPSA) is 32.5 Å². The van der Waals surface area contributed by atoms with Gasteiger partial charge in [-0.3, -0.25) is 4.90 Å². The number of hydrogen-bond donors (Lipinski definition) is 1. The highest BCUT2D eigenvalue weighted by Crippen LogP contribution is 2.27. The van der Waals surface area contributed by atoms with Crippen molar-refractivity contribution in [3.63, 3.8) is 0 Å². The normalized spacial score (nSPS) is 25.0. The fourth-order valence-electron chi connectivity index (χ4n) is 3.00. The molecule has 2 N–H and O–H groups in total. The molecule has 1 aromatic carbocycles. The van der Waals surface area contributed by atoms with Crippen LogP contribution in [0.3, 0.4) is 0 Å². The van der Waals surface area contributed by atoms with Gasteiger partial charge in [0.25, 0.3) is 0 Å². The summed E-state index contributed by atoms with van der Waals surface area (Å²) >= 11 is 0. The number of halogens is 1. The molecule has 1 unspecified atom stereocenters. The van der Waals surface area contributed by atoms with Crippen molar-refractivity contribution >= 4 is 11.4 Å². The van der Waals surface area contributed by atoms with E-state index in [4.69, 9.17) is 5.73 Å². The molecule has 0 saturated carbocycles. The van der Waals surface area contributed by atoms with Gasteiger partial charge in [-0.25, -0.2) is 4.39 Å². The van der Waals surface area contributed by atoms with E-state index in [0.29, 0.717) is 11.7 Å². The fourth-order valence-corrected chi connectivity index (χ4v) is 3.00. The molecule has 3 rings (SSSR count). The highest BCUT2D eigenvalue weighted by Gasteiger charge is 2.30. The van der Waals surface area contributed by atoms with Gasteiger partial charge in [0, 0.05) is 37.1 Å². The highest BCUT2D eigenvalue weighted by atomic mass is 19.1. The van der Waals surface area contributed by atoms with E-state index in [-0.39, 0.29) is 5.82 Å². The molecule has 0 radical (unpaired) electrons. The number of hydrogen-bond acceptors (Lipinski definition) is 3. The van der Waals surface area contributed by atoms with Crippen LogP contribution in [-0.2, 0) is 0 Å². The SMILES string of the molecule is Nc1cc(F)cc(N2CCN3CCCC3C2)c1. The molecule has 17 heavy (non-hydrogen) atoms. The molecule has 1 aromatic rings. The lowest BCUT2D eigenvalue weighted by Gasteiger charge is -2.38. The molecule has 0 amide bonds. The summed E-state index contributed by atoms with van der Waals surface area (Å²) in [6.45, 7) is 4.28. The smallest absolute Gasteiger partial charge is 0.127 e. The first kappa shape index (κ1) is 10.8. The number of anilines is 2. The number of nitrogens with two attached hydrogens (primary N) is 1. The Kier molecular flexibility index (Phi) is 2.67. The number of nitrogens with zero attached hydrogens (tertiary/aromatic N) is 2. The third-order valence-electron chi connectivity index (χ3n) is 3.86. The van der Waals surface area contributed by atoms with Crippen LogP contribution >= 0.6 is 0 Å². The van der Waals surface area contributed by atoms with E-state index < -0.39 is 0 Å². The minimum Gasteiger partial charge on any atom is -0.399 e. The zero-order valence-electron chi connectivity index (χ0n) is 9.90. The highest BCUT2D eigenvalue weighted by molar-refractivity contribution is 5.56. The maximum absolute atomic E-state index is 13.3. The Balaban J connectivity index is 1.80. The lowest BCUT2D eigenvalue weighted by molar-refractivity contribution is 0.231. The van der Waals surface area contributed by atoms with E-state index in [1.165, 1.54) is 25.5 Å². The average molecular weight is 235 g/mol. The van der Waals surface area contributed by atoms with Crippen molar-refractivity contribution in [1.29, 1.82) is 0 Å². The molecule has 0 aromatic heterocycles. The van der Waals surface area contributed by atoms with Gasteiger partial charge in [-0.1, -0.05) is 0 Å². The summed E-state index contributed by atoms with van der Waals surface area (Å²) in [4.78, 5) is 4.80. The molecule has 2 saturated heterocycles. The van der Waals surface area contributed by atoms with Crippen molar-refractivity contribution in [3.8, 4) is 0 Å². The fraction of sp³-hybridized carbons (Fsp3) is 0.538. The van der Waals surface area contributed by atoms with Crippen LogP contribution in [0.25, 0.3) is 0 Å². The van der Waals surface area contributed by atoms with Gasteiger partial charge in [-0.2, -0.15) is 0 Å². The standard InChI is InChI=1S/C13H18FN3/c14-10-6-11(15)8-13(7-10)17-5-4-16-3-1-2-12(16)9-17/h6-8,12H,1-5,9,15H2. The largest absolute Gasteiger partial charge is 0.399 e. The van der Waals surface area contributed by atoms with Crippen molar-refractivity contribution in [2.45, 2.75) is 18.9 Å². The van der Waals surface area contributed by atoms with E-state index in [2.05, 4.69) is 9.80 Å². The van der Waals surface area contributed by atoms with Crippen LogP contribution in [0, 0.1) is 5.82 Å². The van der Waals surface area contributed by atoms with Crippen molar-refractivity contribution in [3.05, 3.63) is 24.0 Å². The van der Waals surface area contributed by atoms with Gasteiger partial charge in [0.2, 0.25) is 0 Å². The number of nitrogen functional groups attached to an aromatic ring is 1. The monoisotopic (exact) mass is 235 g/mol. The number of fused-ring (bicyclic) bond motifs is 1. The summed E-state index contributed by atoms with van der Waals surface area (Å²) in [5.74, 6) is -0.242. The second-order valence-electron chi connectivity index (χ2n) is 5.02. The Morgan fingerprint density at radius 2 is 2.06 bits per heavy atom. The van der Waals surface area contributed by atoms with Gasteiger partial charge in [-0.05, 0) is 37.6 Å². The number of benzene rings is 1. The van der Waals surface area contributed by atoms with Crippen LogP contribution in [0.2, 0.25) is 0 Å².